The van der Waals surface area contributed by atoms with Crippen LogP contribution in [-0.4, -0.2) is 29.7 Å². The van der Waals surface area contributed by atoms with Crippen LogP contribution in [-0.2, 0) is 13.0 Å². The van der Waals surface area contributed by atoms with E-state index in [0.717, 1.165) is 38.9 Å². The molecule has 0 unspecified atom stereocenters. The van der Waals surface area contributed by atoms with Crippen LogP contribution in [0.5, 0.6) is 0 Å². The number of benzene rings is 2. The molecule has 1 N–H and O–H groups in total. The molecule has 0 radical (unpaired) electrons. The third-order valence-electron chi connectivity index (χ3n) is 5.57. The second-order valence-electron chi connectivity index (χ2n) is 7.53. The second kappa shape index (κ2) is 7.50. The fourth-order valence-corrected chi connectivity index (χ4v) is 3.82. The van der Waals surface area contributed by atoms with Gasteiger partial charge >= 0.3 is 0 Å². The molecule has 1 aliphatic rings. The molecule has 1 aliphatic heterocycles. The van der Waals surface area contributed by atoms with Gasteiger partial charge in [-0.2, -0.15) is 0 Å². The van der Waals surface area contributed by atoms with Crippen LogP contribution in [0, 0.1) is 19.3 Å². The van der Waals surface area contributed by atoms with E-state index in [1.165, 1.54) is 22.3 Å². The monoisotopic (exact) mass is 323 g/mol. The number of aryl methyl sites for hydroxylation is 2. The highest BCUT2D eigenvalue weighted by molar-refractivity contribution is 5.30. The Morgan fingerprint density at radius 1 is 1.00 bits per heavy atom. The maximum atomic E-state index is 10.0. The highest BCUT2D eigenvalue weighted by Crippen LogP contribution is 2.35. The summed E-state index contributed by atoms with van der Waals surface area (Å²) < 4.78 is 0. The maximum Gasteiger partial charge on any atom is 0.0491 e. The highest BCUT2D eigenvalue weighted by atomic mass is 16.3. The predicted octanol–water partition coefficient (Wildman–Crippen LogP) is 4.12. The van der Waals surface area contributed by atoms with Crippen molar-refractivity contribution in [1.82, 2.24) is 4.90 Å². The minimum absolute atomic E-state index is 0.0551. The molecule has 2 aromatic rings. The summed E-state index contributed by atoms with van der Waals surface area (Å²) >= 11 is 0. The van der Waals surface area contributed by atoms with Crippen molar-refractivity contribution in [3.63, 3.8) is 0 Å². The van der Waals surface area contributed by atoms with Gasteiger partial charge in [0.05, 0.1) is 0 Å². The Labute approximate surface area is 146 Å². The van der Waals surface area contributed by atoms with Gasteiger partial charge in [0, 0.05) is 13.2 Å². The molecule has 1 saturated heterocycles. The van der Waals surface area contributed by atoms with Crippen molar-refractivity contribution in [3.05, 3.63) is 70.8 Å². The van der Waals surface area contributed by atoms with E-state index in [1.54, 1.807) is 0 Å². The summed E-state index contributed by atoms with van der Waals surface area (Å²) in [6, 6.07) is 17.3. The lowest BCUT2D eigenvalue weighted by Crippen LogP contribution is -2.43. The zero-order chi connectivity index (χ0) is 17.0. The Kier molecular flexibility index (Phi) is 5.37. The van der Waals surface area contributed by atoms with Crippen LogP contribution in [0.25, 0.3) is 0 Å². The normalized spacial score (nSPS) is 17.8. The summed E-state index contributed by atoms with van der Waals surface area (Å²) in [6.45, 7) is 7.82. The van der Waals surface area contributed by atoms with Gasteiger partial charge in [0.25, 0.3) is 0 Å². The Balaban J connectivity index is 1.62. The van der Waals surface area contributed by atoms with E-state index in [4.69, 9.17) is 0 Å². The van der Waals surface area contributed by atoms with Crippen molar-refractivity contribution < 1.29 is 5.11 Å². The van der Waals surface area contributed by atoms with E-state index < -0.39 is 0 Å². The number of rotatable bonds is 5. The van der Waals surface area contributed by atoms with Crippen LogP contribution >= 0.6 is 0 Å². The molecule has 0 spiro atoms. The van der Waals surface area contributed by atoms with Gasteiger partial charge in [-0.1, -0.05) is 54.1 Å². The second-order valence-corrected chi connectivity index (χ2v) is 7.53. The molecule has 0 bridgehead atoms. The quantitative estimate of drug-likeness (QED) is 0.894. The summed E-state index contributed by atoms with van der Waals surface area (Å²) in [5.74, 6) is 0. The molecule has 2 nitrogen and oxygen atoms in total. The largest absolute Gasteiger partial charge is 0.396 e. The average Bonchev–Trinajstić information content (AvgIpc) is 2.61. The molecule has 0 saturated carbocycles. The number of aliphatic hydroxyl groups is 1. The summed E-state index contributed by atoms with van der Waals surface area (Å²) in [5, 5.41) is 10.0. The van der Waals surface area contributed by atoms with Gasteiger partial charge in [0.1, 0.15) is 0 Å². The predicted molar refractivity (Wildman–Crippen MR) is 100 cm³/mol. The lowest BCUT2D eigenvalue weighted by atomic mass is 9.74. The molecule has 24 heavy (non-hydrogen) atoms. The van der Waals surface area contributed by atoms with E-state index in [0.29, 0.717) is 6.61 Å². The minimum atomic E-state index is 0.0551. The zero-order valence-corrected chi connectivity index (χ0v) is 15.0. The molecule has 0 aromatic heterocycles. The number of likely N-dealkylation sites (tertiary alicyclic amines) is 1. The van der Waals surface area contributed by atoms with E-state index in [9.17, 15) is 5.11 Å². The van der Waals surface area contributed by atoms with Crippen molar-refractivity contribution in [3.8, 4) is 0 Å². The van der Waals surface area contributed by atoms with Crippen molar-refractivity contribution in [2.75, 3.05) is 19.7 Å². The summed E-state index contributed by atoms with van der Waals surface area (Å²) in [4.78, 5) is 2.54. The molecule has 128 valence electrons. The molecule has 0 amide bonds. The lowest BCUT2D eigenvalue weighted by Gasteiger charge is -2.41. The number of hydrogen-bond donors (Lipinski definition) is 1. The fourth-order valence-electron chi connectivity index (χ4n) is 3.82. The van der Waals surface area contributed by atoms with Gasteiger partial charge < -0.3 is 5.11 Å². The van der Waals surface area contributed by atoms with Gasteiger partial charge in [0.15, 0.2) is 0 Å². The molecule has 2 heteroatoms. The number of hydrogen-bond acceptors (Lipinski definition) is 2. The Hall–Kier alpha value is -1.64. The third kappa shape index (κ3) is 4.06. The van der Waals surface area contributed by atoms with Crippen molar-refractivity contribution in [2.45, 2.75) is 39.7 Å². The highest BCUT2D eigenvalue weighted by Gasteiger charge is 2.34. The van der Waals surface area contributed by atoms with Gasteiger partial charge in [-0.3, -0.25) is 4.90 Å². The standard InChI is InChI=1S/C22H29NO/c1-18-8-9-19(2)21(14-18)16-23-12-10-22(17-24,11-13-23)15-20-6-4-3-5-7-20/h3-9,14,24H,10-13,15-17H2,1-2H3. The maximum absolute atomic E-state index is 10.0. The van der Waals surface area contributed by atoms with Crippen LogP contribution in [0.15, 0.2) is 48.5 Å². The number of aliphatic hydroxyl groups excluding tert-OH is 1. The van der Waals surface area contributed by atoms with Gasteiger partial charge in [-0.05, 0) is 68.3 Å². The van der Waals surface area contributed by atoms with Crippen LogP contribution in [0.1, 0.15) is 35.1 Å². The van der Waals surface area contributed by atoms with Crippen molar-refractivity contribution >= 4 is 0 Å². The van der Waals surface area contributed by atoms with Gasteiger partial charge in [-0.25, -0.2) is 0 Å². The SMILES string of the molecule is Cc1ccc(C)c(CN2CCC(CO)(Cc3ccccc3)CC2)c1. The molecular weight excluding hydrogens is 294 g/mol. The van der Waals surface area contributed by atoms with E-state index in [2.05, 4.69) is 67.3 Å². The number of piperidine rings is 1. The van der Waals surface area contributed by atoms with Crippen LogP contribution in [0.2, 0.25) is 0 Å². The zero-order valence-electron chi connectivity index (χ0n) is 15.0. The minimum Gasteiger partial charge on any atom is -0.396 e. The first-order valence-corrected chi connectivity index (χ1v) is 9.03. The molecule has 0 aliphatic carbocycles. The Morgan fingerprint density at radius 2 is 1.71 bits per heavy atom. The first-order chi connectivity index (χ1) is 11.6. The summed E-state index contributed by atoms with van der Waals surface area (Å²) in [7, 11) is 0. The van der Waals surface area contributed by atoms with Crippen LogP contribution < -0.4 is 0 Å². The third-order valence-corrected chi connectivity index (χ3v) is 5.57. The Morgan fingerprint density at radius 3 is 2.38 bits per heavy atom. The lowest BCUT2D eigenvalue weighted by molar-refractivity contribution is 0.0413. The average molecular weight is 323 g/mol. The first-order valence-electron chi connectivity index (χ1n) is 9.03. The molecule has 3 rings (SSSR count). The molecule has 1 heterocycles. The van der Waals surface area contributed by atoms with Gasteiger partial charge in [-0.15, -0.1) is 0 Å². The van der Waals surface area contributed by atoms with Crippen molar-refractivity contribution in [2.24, 2.45) is 5.41 Å². The molecule has 2 aromatic carbocycles. The van der Waals surface area contributed by atoms with Crippen LogP contribution in [0.4, 0.5) is 0 Å². The number of nitrogens with zero attached hydrogens (tertiary/aromatic N) is 1. The smallest absolute Gasteiger partial charge is 0.0491 e. The molecule has 1 fully saturated rings. The fraction of sp³-hybridized carbons (Fsp3) is 0.455. The van der Waals surface area contributed by atoms with Gasteiger partial charge in [0.2, 0.25) is 0 Å². The Bertz CT molecular complexity index is 657. The molecule has 0 atom stereocenters. The topological polar surface area (TPSA) is 23.5 Å². The van der Waals surface area contributed by atoms with E-state index in [-0.39, 0.29) is 5.41 Å². The van der Waals surface area contributed by atoms with Crippen molar-refractivity contribution in [1.29, 1.82) is 0 Å². The summed E-state index contributed by atoms with van der Waals surface area (Å²) in [5.41, 5.74) is 5.55. The molecular formula is C22H29NO. The van der Waals surface area contributed by atoms with E-state index in [1.807, 2.05) is 0 Å². The van der Waals surface area contributed by atoms with Crippen LogP contribution in [0.3, 0.4) is 0 Å². The van der Waals surface area contributed by atoms with E-state index >= 15 is 0 Å². The first kappa shape index (κ1) is 17.2. The summed E-state index contributed by atoms with van der Waals surface area (Å²) in [6.07, 6.45) is 3.13.